The average Bonchev–Trinajstić information content (AvgIpc) is 3.21. The lowest BCUT2D eigenvalue weighted by molar-refractivity contribution is -0.124. The average molecular weight is 262 g/mol. The number of ether oxygens (including phenoxy) is 2. The molecule has 1 aliphatic heterocycles. The third-order valence-corrected chi connectivity index (χ3v) is 3.68. The van der Waals surface area contributed by atoms with Gasteiger partial charge in [0.15, 0.2) is 11.5 Å². The van der Waals surface area contributed by atoms with E-state index in [2.05, 4.69) is 5.32 Å². The lowest BCUT2D eigenvalue weighted by Crippen LogP contribution is -2.51. The number of carbonyl (C=O) groups is 1. The van der Waals surface area contributed by atoms with Gasteiger partial charge in [-0.15, -0.1) is 0 Å². The Morgan fingerprint density at radius 1 is 1.32 bits per heavy atom. The van der Waals surface area contributed by atoms with Crippen molar-refractivity contribution < 1.29 is 14.3 Å². The van der Waals surface area contributed by atoms with Gasteiger partial charge in [-0.3, -0.25) is 10.1 Å². The summed E-state index contributed by atoms with van der Waals surface area (Å²) in [5.41, 5.74) is 5.53. The van der Waals surface area contributed by atoms with E-state index < -0.39 is 5.54 Å². The summed E-state index contributed by atoms with van der Waals surface area (Å²) in [7, 11) is 0. The van der Waals surface area contributed by atoms with Gasteiger partial charge in [-0.2, -0.15) is 0 Å². The second-order valence-corrected chi connectivity index (χ2v) is 5.27. The van der Waals surface area contributed by atoms with Crippen LogP contribution in [0.1, 0.15) is 25.3 Å². The zero-order chi connectivity index (χ0) is 13.5. The molecule has 1 fully saturated rings. The maximum Gasteiger partial charge on any atom is 0.242 e. The Kier molecular flexibility index (Phi) is 2.86. The number of hydrogen-bond donors (Lipinski definition) is 2. The standard InChI is InChI=1S/C14H18N2O3/c1-14(13(15)17,16-10-3-4-10)9-2-5-11-12(8-9)19-7-6-18-11/h2,5,8,10,16H,3-4,6-7H2,1H3,(H2,15,17). The number of rotatable bonds is 4. The van der Waals surface area contributed by atoms with Gasteiger partial charge < -0.3 is 15.2 Å². The molecule has 1 unspecified atom stereocenters. The third-order valence-electron chi connectivity index (χ3n) is 3.68. The molecule has 3 rings (SSSR count). The van der Waals surface area contributed by atoms with Crippen molar-refractivity contribution in [2.45, 2.75) is 31.3 Å². The van der Waals surface area contributed by atoms with Gasteiger partial charge in [-0.25, -0.2) is 0 Å². The van der Waals surface area contributed by atoms with Crippen LogP contribution in [0.5, 0.6) is 11.5 Å². The highest BCUT2D eigenvalue weighted by Gasteiger charge is 2.39. The number of primary amides is 1. The monoisotopic (exact) mass is 262 g/mol. The molecule has 3 N–H and O–H groups in total. The van der Waals surface area contributed by atoms with E-state index in [-0.39, 0.29) is 5.91 Å². The second-order valence-electron chi connectivity index (χ2n) is 5.27. The molecule has 5 nitrogen and oxygen atoms in total. The summed E-state index contributed by atoms with van der Waals surface area (Å²) < 4.78 is 11.0. The van der Waals surface area contributed by atoms with Crippen LogP contribution in [0.2, 0.25) is 0 Å². The summed E-state index contributed by atoms with van der Waals surface area (Å²) in [6.07, 6.45) is 2.18. The molecule has 0 spiro atoms. The lowest BCUT2D eigenvalue weighted by atomic mass is 9.90. The zero-order valence-electron chi connectivity index (χ0n) is 10.9. The smallest absolute Gasteiger partial charge is 0.242 e. The Morgan fingerprint density at radius 2 is 2.00 bits per heavy atom. The molecule has 5 heteroatoms. The first-order valence-corrected chi connectivity index (χ1v) is 6.57. The van der Waals surface area contributed by atoms with Gasteiger partial charge in [0.25, 0.3) is 0 Å². The van der Waals surface area contributed by atoms with E-state index in [0.717, 1.165) is 18.4 Å². The molecule has 1 aliphatic carbocycles. The minimum Gasteiger partial charge on any atom is -0.486 e. The summed E-state index contributed by atoms with van der Waals surface area (Å²) in [6, 6.07) is 5.92. The van der Waals surface area contributed by atoms with Gasteiger partial charge in [0.05, 0.1) is 0 Å². The molecule has 2 aliphatic rings. The van der Waals surface area contributed by atoms with E-state index in [0.29, 0.717) is 30.8 Å². The predicted octanol–water partition coefficient (Wildman–Crippen LogP) is 0.910. The maximum absolute atomic E-state index is 11.8. The summed E-state index contributed by atoms with van der Waals surface area (Å²) in [4.78, 5) is 11.8. The fourth-order valence-corrected chi connectivity index (χ4v) is 2.29. The van der Waals surface area contributed by atoms with E-state index in [9.17, 15) is 4.79 Å². The minimum atomic E-state index is -0.864. The fraction of sp³-hybridized carbons (Fsp3) is 0.500. The fourth-order valence-electron chi connectivity index (χ4n) is 2.29. The zero-order valence-corrected chi connectivity index (χ0v) is 10.9. The third kappa shape index (κ3) is 2.26. The second kappa shape index (κ2) is 4.42. The van der Waals surface area contributed by atoms with Crippen LogP contribution < -0.4 is 20.5 Å². The molecule has 0 radical (unpaired) electrons. The van der Waals surface area contributed by atoms with Gasteiger partial charge >= 0.3 is 0 Å². The van der Waals surface area contributed by atoms with Crippen molar-refractivity contribution in [3.63, 3.8) is 0 Å². The molecular weight excluding hydrogens is 244 g/mol. The Hall–Kier alpha value is -1.75. The molecule has 1 amide bonds. The predicted molar refractivity (Wildman–Crippen MR) is 70.1 cm³/mol. The van der Waals surface area contributed by atoms with E-state index in [1.807, 2.05) is 25.1 Å². The molecule has 1 aromatic rings. The summed E-state index contributed by atoms with van der Waals surface area (Å²) in [5.74, 6) is 1.01. The number of fused-ring (bicyclic) bond motifs is 1. The number of benzene rings is 1. The maximum atomic E-state index is 11.8. The number of nitrogens with two attached hydrogens (primary N) is 1. The molecule has 1 atom stereocenters. The number of amides is 1. The first-order chi connectivity index (χ1) is 9.09. The van der Waals surface area contributed by atoms with Gasteiger partial charge in [-0.05, 0) is 37.5 Å². The van der Waals surface area contributed by atoms with Gasteiger partial charge in [0, 0.05) is 6.04 Å². The van der Waals surface area contributed by atoms with Crippen LogP contribution >= 0.6 is 0 Å². The summed E-state index contributed by atoms with van der Waals surface area (Å²) in [5, 5.41) is 3.32. The topological polar surface area (TPSA) is 73.6 Å². The minimum absolute atomic E-state index is 0.379. The number of hydrogen-bond acceptors (Lipinski definition) is 4. The highest BCUT2D eigenvalue weighted by atomic mass is 16.6. The first kappa shape index (κ1) is 12.3. The first-order valence-electron chi connectivity index (χ1n) is 6.57. The Labute approximate surface area is 112 Å². The van der Waals surface area contributed by atoms with Crippen LogP contribution in [-0.4, -0.2) is 25.2 Å². The lowest BCUT2D eigenvalue weighted by Gasteiger charge is -2.29. The van der Waals surface area contributed by atoms with Crippen molar-refractivity contribution in [2.75, 3.05) is 13.2 Å². The van der Waals surface area contributed by atoms with Crippen LogP contribution in [0.3, 0.4) is 0 Å². The molecule has 1 saturated carbocycles. The Morgan fingerprint density at radius 3 is 2.63 bits per heavy atom. The van der Waals surface area contributed by atoms with Crippen molar-refractivity contribution in [3.8, 4) is 11.5 Å². The Balaban J connectivity index is 1.95. The summed E-state index contributed by atoms with van der Waals surface area (Å²) >= 11 is 0. The molecular formula is C14H18N2O3. The van der Waals surface area contributed by atoms with Gasteiger partial charge in [-0.1, -0.05) is 6.07 Å². The molecule has 19 heavy (non-hydrogen) atoms. The Bertz CT molecular complexity index is 513. The van der Waals surface area contributed by atoms with Crippen molar-refractivity contribution in [3.05, 3.63) is 23.8 Å². The molecule has 0 saturated heterocycles. The molecule has 102 valence electrons. The number of nitrogens with one attached hydrogen (secondary N) is 1. The molecule has 1 heterocycles. The highest BCUT2D eigenvalue weighted by molar-refractivity contribution is 5.86. The van der Waals surface area contributed by atoms with Crippen molar-refractivity contribution in [2.24, 2.45) is 5.73 Å². The van der Waals surface area contributed by atoms with Crippen molar-refractivity contribution >= 4 is 5.91 Å². The van der Waals surface area contributed by atoms with E-state index >= 15 is 0 Å². The van der Waals surface area contributed by atoms with E-state index in [1.165, 1.54) is 0 Å². The molecule has 0 aromatic heterocycles. The van der Waals surface area contributed by atoms with Crippen LogP contribution in [0.15, 0.2) is 18.2 Å². The quantitative estimate of drug-likeness (QED) is 0.846. The number of carbonyl (C=O) groups excluding carboxylic acids is 1. The van der Waals surface area contributed by atoms with Gasteiger partial charge in [0.1, 0.15) is 18.8 Å². The molecule has 1 aromatic carbocycles. The van der Waals surface area contributed by atoms with E-state index in [4.69, 9.17) is 15.2 Å². The largest absolute Gasteiger partial charge is 0.486 e. The van der Waals surface area contributed by atoms with Gasteiger partial charge in [0.2, 0.25) is 5.91 Å². The van der Waals surface area contributed by atoms with Crippen LogP contribution in [0.25, 0.3) is 0 Å². The SMILES string of the molecule is CC(NC1CC1)(C(N)=O)c1ccc2c(c1)OCCO2. The van der Waals surface area contributed by atoms with Crippen LogP contribution in [-0.2, 0) is 10.3 Å². The van der Waals surface area contributed by atoms with E-state index in [1.54, 1.807) is 0 Å². The van der Waals surface area contributed by atoms with Crippen molar-refractivity contribution in [1.82, 2.24) is 5.32 Å². The molecule has 0 bridgehead atoms. The highest BCUT2D eigenvalue weighted by Crippen LogP contribution is 2.35. The van der Waals surface area contributed by atoms with Crippen LogP contribution in [0, 0.1) is 0 Å². The normalized spacial score (nSPS) is 20.7. The summed E-state index contributed by atoms with van der Waals surface area (Å²) in [6.45, 7) is 2.90. The van der Waals surface area contributed by atoms with Crippen LogP contribution in [0.4, 0.5) is 0 Å². The van der Waals surface area contributed by atoms with Crippen molar-refractivity contribution in [1.29, 1.82) is 0 Å².